The summed E-state index contributed by atoms with van der Waals surface area (Å²) in [4.78, 5) is 26.3. The largest absolute Gasteiger partial charge is 0.455 e. The van der Waals surface area contributed by atoms with Crippen LogP contribution in [0.25, 0.3) is 0 Å². The first kappa shape index (κ1) is 18.5. The third kappa shape index (κ3) is 3.86. The van der Waals surface area contributed by atoms with Crippen LogP contribution in [0.15, 0.2) is 60.7 Å². The van der Waals surface area contributed by atoms with E-state index in [2.05, 4.69) is 0 Å². The van der Waals surface area contributed by atoms with Crippen molar-refractivity contribution in [3.05, 3.63) is 71.8 Å². The van der Waals surface area contributed by atoms with Gasteiger partial charge in [-0.2, -0.15) is 0 Å². The number of hydrogen-bond acceptors (Lipinski definition) is 4. The van der Waals surface area contributed by atoms with Crippen molar-refractivity contribution >= 4 is 12.1 Å². The summed E-state index contributed by atoms with van der Waals surface area (Å²) < 4.78 is 25.3. The molecule has 1 saturated carbocycles. The van der Waals surface area contributed by atoms with Crippen LogP contribution in [0.2, 0.25) is 0 Å². The maximum Gasteiger partial charge on any atom is 0.410 e. The molecule has 1 amide bonds. The number of rotatable bonds is 4. The summed E-state index contributed by atoms with van der Waals surface area (Å²) in [7, 11) is 0. The van der Waals surface area contributed by atoms with Gasteiger partial charge in [-0.3, -0.25) is 0 Å². The van der Waals surface area contributed by atoms with E-state index in [1.54, 1.807) is 35.2 Å². The Hall–Kier alpha value is -2.89. The zero-order chi connectivity index (χ0) is 19.5. The summed E-state index contributed by atoms with van der Waals surface area (Å²) in [5.74, 6) is -0.751. The average Bonchev–Trinajstić information content (AvgIpc) is 3.26. The molecule has 2 aromatic carbocycles. The van der Waals surface area contributed by atoms with Crippen LogP contribution in [-0.4, -0.2) is 42.3 Å². The number of carbonyl (C=O) groups excluding carboxylic acids is 2. The number of hydrogen-bond donors (Lipinski definition) is 0. The molecule has 1 saturated heterocycles. The highest BCUT2D eigenvalue weighted by Crippen LogP contribution is 2.42. The summed E-state index contributed by atoms with van der Waals surface area (Å²) in [6.45, 7) is 0.965. The zero-order valence-electron chi connectivity index (χ0n) is 15.4. The lowest BCUT2D eigenvalue weighted by molar-refractivity contribution is -0.000525. The van der Waals surface area contributed by atoms with Crippen LogP contribution >= 0.6 is 0 Å². The molecule has 1 aliphatic carbocycles. The van der Waals surface area contributed by atoms with Gasteiger partial charge in [-0.25, -0.2) is 14.0 Å². The van der Waals surface area contributed by atoms with Gasteiger partial charge in [0.05, 0.1) is 5.56 Å². The maximum absolute atomic E-state index is 14.5. The van der Waals surface area contributed by atoms with Crippen LogP contribution in [0.5, 0.6) is 0 Å². The van der Waals surface area contributed by atoms with Crippen molar-refractivity contribution in [2.24, 2.45) is 11.8 Å². The van der Waals surface area contributed by atoms with E-state index in [4.69, 9.17) is 9.47 Å². The molecular formula is C22H22FNO4. The van der Waals surface area contributed by atoms with Gasteiger partial charge >= 0.3 is 12.1 Å². The monoisotopic (exact) mass is 383 g/mol. The Bertz CT molecular complexity index is 829. The van der Waals surface area contributed by atoms with Crippen LogP contribution in [0.1, 0.15) is 22.3 Å². The first-order valence-electron chi connectivity index (χ1n) is 9.47. The molecule has 0 spiro atoms. The number of amides is 1. The predicted octanol–water partition coefficient (Wildman–Crippen LogP) is 3.84. The molecule has 2 fully saturated rings. The standard InChI is InChI=1S/C22H22FNO4/c23-19-11-17-12-24(22(26)27-14-15-7-3-1-4-8-15)13-18(17)20(19)28-21(25)16-9-5-2-6-10-16/h1-10,17-20H,11-14H2/t17-,18+,19-,20-/m0/s1. The van der Waals surface area contributed by atoms with Gasteiger partial charge < -0.3 is 14.4 Å². The van der Waals surface area contributed by atoms with Crippen molar-refractivity contribution in [1.82, 2.24) is 4.90 Å². The second kappa shape index (κ2) is 8.00. The Labute approximate surface area is 163 Å². The highest BCUT2D eigenvalue weighted by molar-refractivity contribution is 5.89. The Morgan fingerprint density at radius 1 is 1.00 bits per heavy atom. The second-order valence-corrected chi connectivity index (χ2v) is 7.36. The van der Waals surface area contributed by atoms with Crippen LogP contribution in [-0.2, 0) is 16.1 Å². The third-order valence-corrected chi connectivity index (χ3v) is 5.51. The fourth-order valence-corrected chi connectivity index (χ4v) is 4.10. The van der Waals surface area contributed by atoms with Crippen molar-refractivity contribution in [2.45, 2.75) is 25.3 Å². The predicted molar refractivity (Wildman–Crippen MR) is 100 cm³/mol. The van der Waals surface area contributed by atoms with Crippen LogP contribution in [0, 0.1) is 11.8 Å². The van der Waals surface area contributed by atoms with Crippen molar-refractivity contribution < 1.29 is 23.5 Å². The van der Waals surface area contributed by atoms with E-state index in [0.717, 1.165) is 5.56 Å². The SMILES string of the molecule is O=C(O[C@H]1[C@@H]2CN(C(=O)OCc3ccccc3)C[C@@H]2C[C@@H]1F)c1ccccc1. The Morgan fingerprint density at radius 2 is 1.68 bits per heavy atom. The Kier molecular flexibility index (Phi) is 5.28. The highest BCUT2D eigenvalue weighted by Gasteiger charge is 2.51. The lowest BCUT2D eigenvalue weighted by atomic mass is 9.99. The zero-order valence-corrected chi connectivity index (χ0v) is 15.4. The molecule has 1 heterocycles. The van der Waals surface area contributed by atoms with Crippen LogP contribution in [0.4, 0.5) is 9.18 Å². The van der Waals surface area contributed by atoms with E-state index in [9.17, 15) is 14.0 Å². The van der Waals surface area contributed by atoms with Gasteiger partial charge in [-0.1, -0.05) is 48.5 Å². The normalized spacial score (nSPS) is 26.0. The minimum atomic E-state index is -1.20. The average molecular weight is 383 g/mol. The van der Waals surface area contributed by atoms with Crippen molar-refractivity contribution in [2.75, 3.05) is 13.1 Å². The molecule has 146 valence electrons. The van der Waals surface area contributed by atoms with Gasteiger partial charge in [0.15, 0.2) is 0 Å². The van der Waals surface area contributed by atoms with Crippen LogP contribution in [0.3, 0.4) is 0 Å². The minimum absolute atomic E-state index is 0.0205. The number of nitrogens with zero attached hydrogens (tertiary/aromatic N) is 1. The molecular weight excluding hydrogens is 361 g/mol. The topological polar surface area (TPSA) is 55.8 Å². The summed E-state index contributed by atoms with van der Waals surface area (Å²) in [6, 6.07) is 18.0. The van der Waals surface area contributed by atoms with Gasteiger partial charge in [-0.05, 0) is 30.0 Å². The fourth-order valence-electron chi connectivity index (χ4n) is 4.10. The van der Waals surface area contributed by atoms with E-state index in [-0.39, 0.29) is 18.4 Å². The molecule has 0 radical (unpaired) electrons. The number of alkyl halides is 1. The second-order valence-electron chi connectivity index (χ2n) is 7.36. The van der Waals surface area contributed by atoms with E-state index < -0.39 is 24.3 Å². The van der Waals surface area contributed by atoms with Crippen LogP contribution < -0.4 is 0 Å². The lowest BCUT2D eigenvalue weighted by Gasteiger charge is -2.22. The van der Waals surface area contributed by atoms with Gasteiger partial charge in [0.25, 0.3) is 0 Å². The number of halogens is 1. The summed E-state index contributed by atoms with van der Waals surface area (Å²) in [6.07, 6.45) is -2.16. The molecule has 2 aliphatic rings. The van der Waals surface area contributed by atoms with Crippen molar-refractivity contribution in [3.63, 3.8) is 0 Å². The molecule has 5 nitrogen and oxygen atoms in total. The first-order valence-corrected chi connectivity index (χ1v) is 9.47. The third-order valence-electron chi connectivity index (χ3n) is 5.51. The smallest absolute Gasteiger partial charge is 0.410 e. The molecule has 0 N–H and O–H groups in total. The van der Waals surface area contributed by atoms with Gasteiger partial charge in [0.2, 0.25) is 0 Å². The molecule has 28 heavy (non-hydrogen) atoms. The minimum Gasteiger partial charge on any atom is -0.455 e. The molecule has 1 aliphatic heterocycles. The molecule has 4 atom stereocenters. The van der Waals surface area contributed by atoms with E-state index in [0.29, 0.717) is 25.1 Å². The summed E-state index contributed by atoms with van der Waals surface area (Å²) in [5.41, 5.74) is 1.31. The maximum atomic E-state index is 14.5. The van der Waals surface area contributed by atoms with Gasteiger partial charge in [0, 0.05) is 19.0 Å². The van der Waals surface area contributed by atoms with Gasteiger partial charge in [0.1, 0.15) is 18.9 Å². The number of carbonyl (C=O) groups is 2. The summed E-state index contributed by atoms with van der Waals surface area (Å²) >= 11 is 0. The number of likely N-dealkylation sites (tertiary alicyclic amines) is 1. The number of benzene rings is 2. The van der Waals surface area contributed by atoms with E-state index >= 15 is 0 Å². The molecule has 6 heteroatoms. The number of esters is 1. The Morgan fingerprint density at radius 3 is 2.39 bits per heavy atom. The van der Waals surface area contributed by atoms with Gasteiger partial charge in [-0.15, -0.1) is 0 Å². The van der Waals surface area contributed by atoms with E-state index in [1.165, 1.54) is 0 Å². The molecule has 0 aromatic heterocycles. The van der Waals surface area contributed by atoms with Crippen molar-refractivity contribution in [1.29, 1.82) is 0 Å². The quantitative estimate of drug-likeness (QED) is 0.753. The van der Waals surface area contributed by atoms with E-state index in [1.807, 2.05) is 30.3 Å². The first-order chi connectivity index (χ1) is 13.6. The molecule has 2 aromatic rings. The summed E-state index contributed by atoms with van der Waals surface area (Å²) in [5, 5.41) is 0. The fraction of sp³-hybridized carbons (Fsp3) is 0.364. The molecule has 0 unspecified atom stereocenters. The van der Waals surface area contributed by atoms with Crippen molar-refractivity contribution in [3.8, 4) is 0 Å². The molecule has 4 rings (SSSR count). The molecule has 0 bridgehead atoms. The highest BCUT2D eigenvalue weighted by atomic mass is 19.1. The Balaban J connectivity index is 1.35. The lowest BCUT2D eigenvalue weighted by Crippen LogP contribution is -2.35. The number of fused-ring (bicyclic) bond motifs is 1. The number of ether oxygens (including phenoxy) is 2.